The molecule has 0 saturated carbocycles. The van der Waals surface area contributed by atoms with Crippen LogP contribution in [0.15, 0.2) is 76.8 Å². The Morgan fingerprint density at radius 3 is 2.61 bits per heavy atom. The van der Waals surface area contributed by atoms with Crippen molar-refractivity contribution in [1.29, 1.82) is 5.26 Å². The van der Waals surface area contributed by atoms with E-state index in [0.29, 0.717) is 18.0 Å². The highest BCUT2D eigenvalue weighted by molar-refractivity contribution is 7.99. The largest absolute Gasteiger partial charge is 0.308 e. The van der Waals surface area contributed by atoms with Crippen molar-refractivity contribution in [2.75, 3.05) is 6.54 Å². The second kappa shape index (κ2) is 7.71. The standard InChI is InChI=1S/C24H19FN4OS/c1-15-13-28(14-26)23-22(15)29(23)24(30)17-4-2-16(3-5-17)20-12-27-11-10-21(20)31-19-8-6-18(25)7-9-19/h2-12,15,22-23H,13H2,1H3/t15?,22-,23?,29?/m1/s1. The Morgan fingerprint density at radius 1 is 1.16 bits per heavy atom. The molecule has 5 nitrogen and oxygen atoms in total. The first kappa shape index (κ1) is 19.6. The van der Waals surface area contributed by atoms with Gasteiger partial charge in [0.05, 0.1) is 6.04 Å². The third-order valence-corrected chi connectivity index (χ3v) is 6.92. The number of carbonyl (C=O) groups excluding carboxylic acids is 1. The average Bonchev–Trinajstić information content (AvgIpc) is 3.46. The average molecular weight is 431 g/mol. The summed E-state index contributed by atoms with van der Waals surface area (Å²) in [5.41, 5.74) is 2.51. The van der Waals surface area contributed by atoms with Gasteiger partial charge in [-0.15, -0.1) is 0 Å². The molecule has 3 aromatic rings. The van der Waals surface area contributed by atoms with Crippen LogP contribution in [0, 0.1) is 23.2 Å². The second-order valence-corrected chi connectivity index (χ2v) is 8.97. The SMILES string of the molecule is CC1CN(C#N)C2[C@@H]1N2C(=O)c1ccc(-c2cnccc2Sc2ccc(F)cc2)cc1. The number of fused-ring (bicyclic) bond motifs is 1. The van der Waals surface area contributed by atoms with Gasteiger partial charge in [-0.05, 0) is 53.9 Å². The number of carbonyl (C=O) groups is 1. The molecule has 0 bridgehead atoms. The molecule has 5 rings (SSSR count). The molecule has 0 radical (unpaired) electrons. The molecular weight excluding hydrogens is 411 g/mol. The fourth-order valence-corrected chi connectivity index (χ4v) is 5.21. The van der Waals surface area contributed by atoms with Crippen molar-refractivity contribution in [2.24, 2.45) is 5.92 Å². The molecule has 2 aliphatic heterocycles. The number of hydrogen-bond donors (Lipinski definition) is 0. The van der Waals surface area contributed by atoms with Crippen molar-refractivity contribution in [1.82, 2.24) is 14.8 Å². The number of amides is 1. The third kappa shape index (κ3) is 3.53. The van der Waals surface area contributed by atoms with E-state index in [4.69, 9.17) is 0 Å². The highest BCUT2D eigenvalue weighted by atomic mass is 32.2. The van der Waals surface area contributed by atoms with Gasteiger partial charge >= 0.3 is 0 Å². The molecule has 0 spiro atoms. The Hall–Kier alpha value is -3.37. The summed E-state index contributed by atoms with van der Waals surface area (Å²) < 4.78 is 13.2. The van der Waals surface area contributed by atoms with E-state index in [1.165, 1.54) is 23.9 Å². The van der Waals surface area contributed by atoms with Crippen LogP contribution in [0.5, 0.6) is 0 Å². The van der Waals surface area contributed by atoms with Gasteiger partial charge in [0.25, 0.3) is 5.91 Å². The summed E-state index contributed by atoms with van der Waals surface area (Å²) in [6.45, 7) is 2.79. The molecule has 1 aromatic heterocycles. The lowest BCUT2D eigenvalue weighted by Gasteiger charge is -2.17. The first-order valence-electron chi connectivity index (χ1n) is 10.0. The number of aromatic nitrogens is 1. The van der Waals surface area contributed by atoms with Crippen molar-refractivity contribution in [3.05, 3.63) is 78.4 Å². The molecule has 0 aliphatic carbocycles. The van der Waals surface area contributed by atoms with Gasteiger partial charge in [0.15, 0.2) is 6.19 Å². The monoisotopic (exact) mass is 430 g/mol. The number of rotatable bonds is 4. The maximum Gasteiger partial charge on any atom is 0.255 e. The van der Waals surface area contributed by atoms with Crippen molar-refractivity contribution < 1.29 is 9.18 Å². The molecule has 0 N–H and O–H groups in total. The van der Waals surface area contributed by atoms with E-state index >= 15 is 0 Å². The molecule has 2 fully saturated rings. The minimum absolute atomic E-state index is 0.0413. The Morgan fingerprint density at radius 2 is 1.90 bits per heavy atom. The number of benzene rings is 2. The Labute approximate surface area is 184 Å². The topological polar surface area (TPSA) is 60.0 Å². The van der Waals surface area contributed by atoms with E-state index < -0.39 is 0 Å². The fourth-order valence-electron chi connectivity index (χ4n) is 4.28. The van der Waals surface area contributed by atoms with Crippen LogP contribution < -0.4 is 0 Å². The maximum absolute atomic E-state index is 13.2. The lowest BCUT2D eigenvalue weighted by atomic mass is 10.1. The van der Waals surface area contributed by atoms with E-state index in [1.54, 1.807) is 34.3 Å². The quantitative estimate of drug-likeness (QED) is 0.446. The number of nitriles is 1. The predicted octanol–water partition coefficient (Wildman–Crippen LogP) is 4.62. The van der Waals surface area contributed by atoms with E-state index in [0.717, 1.165) is 20.9 Å². The number of likely N-dealkylation sites (tertiary alicyclic amines) is 1. The molecule has 154 valence electrons. The van der Waals surface area contributed by atoms with Crippen LogP contribution in [0.1, 0.15) is 17.3 Å². The van der Waals surface area contributed by atoms with Crippen molar-refractivity contribution in [2.45, 2.75) is 28.9 Å². The summed E-state index contributed by atoms with van der Waals surface area (Å²) >= 11 is 1.54. The Balaban J connectivity index is 1.36. The first-order chi connectivity index (χ1) is 15.1. The molecule has 3 atom stereocenters. The van der Waals surface area contributed by atoms with Crippen LogP contribution in [0.2, 0.25) is 0 Å². The lowest BCUT2D eigenvalue weighted by molar-refractivity contribution is 0.0816. The summed E-state index contributed by atoms with van der Waals surface area (Å²) in [7, 11) is 0. The van der Waals surface area contributed by atoms with Crippen LogP contribution in [-0.4, -0.2) is 39.4 Å². The van der Waals surface area contributed by atoms with Gasteiger partial charge in [0.2, 0.25) is 0 Å². The molecule has 2 aromatic carbocycles. The third-order valence-electron chi connectivity index (χ3n) is 5.84. The van der Waals surface area contributed by atoms with Crippen LogP contribution in [0.25, 0.3) is 11.1 Å². The number of halogens is 1. The van der Waals surface area contributed by atoms with E-state index in [9.17, 15) is 14.4 Å². The summed E-state index contributed by atoms with van der Waals surface area (Å²) in [4.78, 5) is 22.6. The van der Waals surface area contributed by atoms with Gasteiger partial charge < -0.3 is 4.90 Å². The fraction of sp³-hybridized carbons (Fsp3) is 0.208. The van der Waals surface area contributed by atoms with Crippen LogP contribution >= 0.6 is 11.8 Å². The van der Waals surface area contributed by atoms with Crippen molar-refractivity contribution in [3.8, 4) is 17.3 Å². The maximum atomic E-state index is 13.2. The molecule has 2 aliphatic rings. The van der Waals surface area contributed by atoms with Crippen LogP contribution in [-0.2, 0) is 0 Å². The normalized spacial score (nSPS) is 21.5. The van der Waals surface area contributed by atoms with Crippen LogP contribution in [0.3, 0.4) is 0 Å². The van der Waals surface area contributed by atoms with Gasteiger partial charge in [-0.25, -0.2) is 4.39 Å². The summed E-state index contributed by atoms with van der Waals surface area (Å²) in [5.74, 6) is -0.00265. The molecule has 2 unspecified atom stereocenters. The second-order valence-electron chi connectivity index (χ2n) is 7.85. The zero-order valence-corrected chi connectivity index (χ0v) is 17.6. The summed E-state index contributed by atoms with van der Waals surface area (Å²) in [5, 5.41) is 9.27. The number of hydrogen-bond acceptors (Lipinski definition) is 5. The van der Waals surface area contributed by atoms with E-state index in [-0.39, 0.29) is 23.9 Å². The smallest absolute Gasteiger partial charge is 0.255 e. The summed E-state index contributed by atoms with van der Waals surface area (Å²) in [6.07, 6.45) is 5.62. The zero-order chi connectivity index (χ0) is 21.5. The van der Waals surface area contributed by atoms with Gasteiger partial charge in [0, 0.05) is 39.9 Å². The molecule has 31 heavy (non-hydrogen) atoms. The minimum atomic E-state index is -0.262. The van der Waals surface area contributed by atoms with E-state index in [2.05, 4.69) is 18.1 Å². The highest BCUT2D eigenvalue weighted by Gasteiger charge is 2.61. The highest BCUT2D eigenvalue weighted by Crippen LogP contribution is 2.44. The number of pyridine rings is 1. The molecule has 2 saturated heterocycles. The Kier molecular flexibility index (Phi) is 4.87. The molecule has 7 heteroatoms. The zero-order valence-electron chi connectivity index (χ0n) is 16.8. The molecule has 3 heterocycles. The van der Waals surface area contributed by atoms with Gasteiger partial charge in [-0.2, -0.15) is 5.26 Å². The number of nitrogens with zero attached hydrogens (tertiary/aromatic N) is 4. The Bertz CT molecular complexity index is 1180. The van der Waals surface area contributed by atoms with Gasteiger partial charge in [-0.1, -0.05) is 30.8 Å². The molecule has 1 amide bonds. The molecular formula is C24H19FN4OS. The van der Waals surface area contributed by atoms with Crippen LogP contribution in [0.4, 0.5) is 4.39 Å². The lowest BCUT2D eigenvalue weighted by Crippen LogP contribution is -2.30. The minimum Gasteiger partial charge on any atom is -0.308 e. The van der Waals surface area contributed by atoms with Gasteiger partial charge in [0.1, 0.15) is 12.0 Å². The van der Waals surface area contributed by atoms with E-state index in [1.807, 2.05) is 30.3 Å². The van der Waals surface area contributed by atoms with Crippen molar-refractivity contribution >= 4 is 17.7 Å². The predicted molar refractivity (Wildman–Crippen MR) is 115 cm³/mol. The van der Waals surface area contributed by atoms with Crippen molar-refractivity contribution in [3.63, 3.8) is 0 Å². The van der Waals surface area contributed by atoms with Gasteiger partial charge in [-0.3, -0.25) is 14.7 Å². The first-order valence-corrected chi connectivity index (χ1v) is 10.9. The summed E-state index contributed by atoms with van der Waals surface area (Å²) in [6, 6.07) is 15.9.